The molecule has 144 valence electrons. The zero-order valence-electron chi connectivity index (χ0n) is 15.6. The summed E-state index contributed by atoms with van der Waals surface area (Å²) in [6.45, 7) is 2.88. The number of aromatic nitrogens is 1. The Morgan fingerprint density at radius 3 is 2.96 bits per heavy atom. The van der Waals surface area contributed by atoms with E-state index < -0.39 is 0 Å². The van der Waals surface area contributed by atoms with Crippen LogP contribution in [0.2, 0.25) is 0 Å². The number of benzene rings is 1. The van der Waals surface area contributed by atoms with Gasteiger partial charge < -0.3 is 19.9 Å². The van der Waals surface area contributed by atoms with Crippen LogP contribution in [-0.2, 0) is 4.79 Å². The van der Waals surface area contributed by atoms with E-state index in [0.29, 0.717) is 38.0 Å². The van der Waals surface area contributed by atoms with Crippen molar-refractivity contribution >= 4 is 22.7 Å². The molecule has 0 bridgehead atoms. The molecule has 1 unspecified atom stereocenters. The number of nitrogens with one attached hydrogen (secondary N) is 1. The van der Waals surface area contributed by atoms with Crippen LogP contribution < -0.4 is 0 Å². The highest BCUT2D eigenvalue weighted by Gasteiger charge is 2.42. The molecule has 4 rings (SSSR count). The van der Waals surface area contributed by atoms with Gasteiger partial charge >= 0.3 is 0 Å². The van der Waals surface area contributed by atoms with Gasteiger partial charge in [-0.1, -0.05) is 6.07 Å². The zero-order valence-corrected chi connectivity index (χ0v) is 15.6. The SMILES string of the molecule is O=C1CCC2(CCCN(C(=O)c3ccc4cc[nH]c4c3)C2)CN1CCCO. The Balaban J connectivity index is 1.49. The third-order valence-electron chi connectivity index (χ3n) is 6.08. The van der Waals surface area contributed by atoms with Gasteiger partial charge in [0.05, 0.1) is 0 Å². The molecule has 27 heavy (non-hydrogen) atoms. The molecule has 2 aromatic rings. The van der Waals surface area contributed by atoms with Gasteiger partial charge in [0, 0.05) is 61.9 Å². The molecule has 1 atom stereocenters. The normalized spacial score (nSPS) is 23.4. The quantitative estimate of drug-likeness (QED) is 0.869. The number of carbonyl (C=O) groups is 2. The summed E-state index contributed by atoms with van der Waals surface area (Å²) in [6, 6.07) is 7.81. The summed E-state index contributed by atoms with van der Waals surface area (Å²) in [5, 5.41) is 10.2. The predicted octanol–water partition coefficient (Wildman–Crippen LogP) is 2.40. The zero-order chi connectivity index (χ0) is 18.9. The van der Waals surface area contributed by atoms with E-state index in [4.69, 9.17) is 5.11 Å². The van der Waals surface area contributed by atoms with Crippen LogP contribution in [0.15, 0.2) is 30.5 Å². The first-order valence-electron chi connectivity index (χ1n) is 9.85. The van der Waals surface area contributed by atoms with Crippen LogP contribution in [-0.4, -0.2) is 64.5 Å². The number of nitrogens with zero attached hydrogens (tertiary/aromatic N) is 2. The first kappa shape index (κ1) is 18.0. The van der Waals surface area contributed by atoms with E-state index in [-0.39, 0.29) is 23.8 Å². The maximum Gasteiger partial charge on any atom is 0.253 e. The number of rotatable bonds is 4. The summed E-state index contributed by atoms with van der Waals surface area (Å²) in [4.78, 5) is 32.4. The van der Waals surface area contributed by atoms with Crippen LogP contribution >= 0.6 is 0 Å². The number of H-pyrrole nitrogens is 1. The largest absolute Gasteiger partial charge is 0.396 e. The molecule has 0 radical (unpaired) electrons. The maximum atomic E-state index is 13.1. The summed E-state index contributed by atoms with van der Waals surface area (Å²) >= 11 is 0. The van der Waals surface area contributed by atoms with Crippen molar-refractivity contribution < 1.29 is 14.7 Å². The molecule has 2 amide bonds. The number of aliphatic hydroxyl groups excluding tert-OH is 1. The van der Waals surface area contributed by atoms with Crippen LogP contribution in [0.5, 0.6) is 0 Å². The molecule has 6 nitrogen and oxygen atoms in total. The van der Waals surface area contributed by atoms with E-state index >= 15 is 0 Å². The molecule has 2 fully saturated rings. The second kappa shape index (κ2) is 7.35. The van der Waals surface area contributed by atoms with Crippen LogP contribution in [0.4, 0.5) is 0 Å². The Morgan fingerprint density at radius 2 is 2.11 bits per heavy atom. The van der Waals surface area contributed by atoms with E-state index in [1.165, 1.54) is 0 Å². The van der Waals surface area contributed by atoms with Crippen molar-refractivity contribution in [2.75, 3.05) is 32.8 Å². The van der Waals surface area contributed by atoms with Gasteiger partial charge in [0.15, 0.2) is 0 Å². The molecule has 2 aliphatic heterocycles. The lowest BCUT2D eigenvalue weighted by molar-refractivity contribution is -0.139. The fourth-order valence-electron chi connectivity index (χ4n) is 4.65. The molecular weight excluding hydrogens is 342 g/mol. The summed E-state index contributed by atoms with van der Waals surface area (Å²) in [5.41, 5.74) is 1.69. The molecule has 2 saturated heterocycles. The lowest BCUT2D eigenvalue weighted by Crippen LogP contribution is -2.55. The van der Waals surface area contributed by atoms with E-state index in [1.54, 1.807) is 0 Å². The lowest BCUT2D eigenvalue weighted by Gasteiger charge is -2.48. The van der Waals surface area contributed by atoms with Gasteiger partial charge in [-0.2, -0.15) is 0 Å². The topological polar surface area (TPSA) is 76.6 Å². The summed E-state index contributed by atoms with van der Waals surface area (Å²) in [7, 11) is 0. The highest BCUT2D eigenvalue weighted by Crippen LogP contribution is 2.39. The van der Waals surface area contributed by atoms with Crippen LogP contribution in [0.25, 0.3) is 10.9 Å². The Hall–Kier alpha value is -2.34. The predicted molar refractivity (Wildman–Crippen MR) is 103 cm³/mol. The van der Waals surface area contributed by atoms with E-state index in [0.717, 1.165) is 36.7 Å². The monoisotopic (exact) mass is 369 g/mol. The minimum atomic E-state index is -0.00614. The summed E-state index contributed by atoms with van der Waals surface area (Å²) < 4.78 is 0. The number of amides is 2. The molecule has 2 aliphatic rings. The number of likely N-dealkylation sites (tertiary alicyclic amines) is 2. The fraction of sp³-hybridized carbons (Fsp3) is 0.524. The molecule has 1 aromatic carbocycles. The van der Waals surface area contributed by atoms with E-state index in [2.05, 4.69) is 4.98 Å². The average molecular weight is 369 g/mol. The lowest BCUT2D eigenvalue weighted by atomic mass is 9.73. The molecule has 1 aromatic heterocycles. The van der Waals surface area contributed by atoms with Crippen molar-refractivity contribution in [3.8, 4) is 0 Å². The van der Waals surface area contributed by atoms with Crippen molar-refractivity contribution in [2.45, 2.75) is 32.1 Å². The Morgan fingerprint density at radius 1 is 1.22 bits per heavy atom. The van der Waals surface area contributed by atoms with Gasteiger partial charge in [-0.25, -0.2) is 0 Å². The Labute approximate surface area is 159 Å². The number of piperidine rings is 2. The molecule has 2 N–H and O–H groups in total. The van der Waals surface area contributed by atoms with Crippen molar-refractivity contribution in [3.63, 3.8) is 0 Å². The third-order valence-corrected chi connectivity index (χ3v) is 6.08. The van der Waals surface area contributed by atoms with Crippen molar-refractivity contribution in [1.82, 2.24) is 14.8 Å². The number of aromatic amines is 1. The Bertz CT molecular complexity index is 846. The van der Waals surface area contributed by atoms with Crippen LogP contribution in [0.1, 0.15) is 42.5 Å². The van der Waals surface area contributed by atoms with Crippen molar-refractivity contribution in [3.05, 3.63) is 36.0 Å². The van der Waals surface area contributed by atoms with Gasteiger partial charge in [-0.05, 0) is 49.3 Å². The number of fused-ring (bicyclic) bond motifs is 1. The maximum absolute atomic E-state index is 13.1. The Kier molecular flexibility index (Phi) is 4.91. The molecular formula is C21H27N3O3. The fourth-order valence-corrected chi connectivity index (χ4v) is 4.65. The molecule has 3 heterocycles. The number of carbonyl (C=O) groups excluding carboxylic acids is 2. The highest BCUT2D eigenvalue weighted by molar-refractivity contribution is 5.98. The average Bonchev–Trinajstić information content (AvgIpc) is 3.16. The molecule has 0 saturated carbocycles. The number of aliphatic hydroxyl groups is 1. The van der Waals surface area contributed by atoms with Crippen LogP contribution in [0.3, 0.4) is 0 Å². The highest BCUT2D eigenvalue weighted by atomic mass is 16.3. The van der Waals surface area contributed by atoms with E-state index in [1.807, 2.05) is 40.3 Å². The van der Waals surface area contributed by atoms with Gasteiger partial charge in [0.2, 0.25) is 5.91 Å². The minimum Gasteiger partial charge on any atom is -0.396 e. The van der Waals surface area contributed by atoms with Crippen molar-refractivity contribution in [1.29, 1.82) is 0 Å². The molecule has 0 aliphatic carbocycles. The van der Waals surface area contributed by atoms with Gasteiger partial charge in [-0.15, -0.1) is 0 Å². The smallest absolute Gasteiger partial charge is 0.253 e. The first-order valence-corrected chi connectivity index (χ1v) is 9.85. The first-order chi connectivity index (χ1) is 13.1. The number of hydrogen-bond donors (Lipinski definition) is 2. The third kappa shape index (κ3) is 3.58. The minimum absolute atomic E-state index is 0.00614. The van der Waals surface area contributed by atoms with Gasteiger partial charge in [0.1, 0.15) is 0 Å². The molecule has 6 heteroatoms. The summed E-state index contributed by atoms with van der Waals surface area (Å²) in [6.07, 6.45) is 5.91. The summed E-state index contributed by atoms with van der Waals surface area (Å²) in [5.74, 6) is 0.249. The van der Waals surface area contributed by atoms with Crippen LogP contribution in [0, 0.1) is 5.41 Å². The van der Waals surface area contributed by atoms with E-state index in [9.17, 15) is 9.59 Å². The molecule has 1 spiro atoms. The standard InChI is InChI=1S/C21H27N3O3/c25-12-2-11-23-14-21(8-5-19(23)26)7-1-10-24(15-21)20(27)17-4-3-16-6-9-22-18(16)13-17/h3-4,6,9,13,22,25H,1-2,5,7-8,10-12,14-15H2. The van der Waals surface area contributed by atoms with Crippen molar-refractivity contribution in [2.24, 2.45) is 5.41 Å². The van der Waals surface area contributed by atoms with Gasteiger partial charge in [0.25, 0.3) is 5.91 Å². The van der Waals surface area contributed by atoms with Gasteiger partial charge in [-0.3, -0.25) is 9.59 Å². The second-order valence-electron chi connectivity index (χ2n) is 8.00. The second-order valence-corrected chi connectivity index (χ2v) is 8.00. The number of hydrogen-bond acceptors (Lipinski definition) is 3.